The van der Waals surface area contributed by atoms with E-state index in [1.807, 2.05) is 13.8 Å². The van der Waals surface area contributed by atoms with Crippen molar-refractivity contribution >= 4 is 24.2 Å². The molecule has 0 aromatic rings. The molecule has 124 valence electrons. The number of nitrogens with two attached hydrogens (primary N) is 1. The summed E-state index contributed by atoms with van der Waals surface area (Å²) in [4.78, 5) is 26.0. The van der Waals surface area contributed by atoms with Crippen LogP contribution in [0.4, 0.5) is 0 Å². The third-order valence-electron chi connectivity index (χ3n) is 4.10. The topological polar surface area (TPSA) is 75.4 Å². The zero-order valence-corrected chi connectivity index (χ0v) is 14.5. The maximum Gasteiger partial charge on any atom is 0.248 e. The Bertz CT molecular complexity index is 366. The Balaban J connectivity index is 0.00000400. The Morgan fingerprint density at radius 3 is 2.19 bits per heavy atom. The first-order valence-electron chi connectivity index (χ1n) is 7.47. The fourth-order valence-electron chi connectivity index (χ4n) is 3.03. The third kappa shape index (κ3) is 5.47. The highest BCUT2D eigenvalue weighted by molar-refractivity contribution is 5.91. The molecule has 3 N–H and O–H groups in total. The number of rotatable bonds is 5. The summed E-state index contributed by atoms with van der Waals surface area (Å²) < 4.78 is 0. The van der Waals surface area contributed by atoms with Gasteiger partial charge in [0.1, 0.15) is 5.54 Å². The number of nitrogens with one attached hydrogen (secondary N) is 1. The van der Waals surface area contributed by atoms with Gasteiger partial charge in [0.05, 0.1) is 0 Å². The number of halogens is 1. The molecule has 1 saturated carbocycles. The predicted octanol–water partition coefficient (Wildman–Crippen LogP) is 1.69. The van der Waals surface area contributed by atoms with Crippen LogP contribution in [0.3, 0.4) is 0 Å². The molecule has 0 unspecified atom stereocenters. The number of likely N-dealkylation sites (N-methyl/N-ethyl adjacent to an activating group) is 1. The van der Waals surface area contributed by atoms with Crippen LogP contribution in [-0.2, 0) is 9.59 Å². The molecule has 1 aliphatic carbocycles. The highest BCUT2D eigenvalue weighted by atomic mass is 35.5. The molecule has 0 saturated heterocycles. The van der Waals surface area contributed by atoms with Crippen LogP contribution in [0.25, 0.3) is 0 Å². The molecule has 0 aromatic carbocycles. The Kier molecular flexibility index (Phi) is 7.68. The molecule has 0 atom stereocenters. The summed E-state index contributed by atoms with van der Waals surface area (Å²) in [5.41, 5.74) is 4.92. The highest BCUT2D eigenvalue weighted by Gasteiger charge is 2.42. The van der Waals surface area contributed by atoms with Gasteiger partial charge in [-0.15, -0.1) is 12.4 Å². The maximum absolute atomic E-state index is 12.8. The molecule has 0 bridgehead atoms. The van der Waals surface area contributed by atoms with Gasteiger partial charge in [0.15, 0.2) is 0 Å². The minimum absolute atomic E-state index is 0. The van der Waals surface area contributed by atoms with Crippen molar-refractivity contribution in [2.75, 3.05) is 20.1 Å². The molecule has 21 heavy (non-hydrogen) atoms. The van der Waals surface area contributed by atoms with E-state index >= 15 is 0 Å². The molecule has 2 amide bonds. The number of nitrogens with zero attached hydrogens (tertiary/aromatic N) is 1. The van der Waals surface area contributed by atoms with Crippen LogP contribution < -0.4 is 11.1 Å². The molecule has 1 fully saturated rings. The van der Waals surface area contributed by atoms with Gasteiger partial charge in [-0.3, -0.25) is 9.59 Å². The van der Waals surface area contributed by atoms with Gasteiger partial charge < -0.3 is 16.0 Å². The van der Waals surface area contributed by atoms with Crippen molar-refractivity contribution in [3.05, 3.63) is 0 Å². The predicted molar refractivity (Wildman–Crippen MR) is 87.4 cm³/mol. The van der Waals surface area contributed by atoms with Gasteiger partial charge in [-0.1, -0.05) is 33.1 Å². The highest BCUT2D eigenvalue weighted by Crippen LogP contribution is 2.30. The monoisotopic (exact) mass is 319 g/mol. The molecule has 1 rings (SSSR count). The first kappa shape index (κ1) is 20.2. The lowest BCUT2D eigenvalue weighted by Gasteiger charge is -2.41. The van der Waals surface area contributed by atoms with Crippen LogP contribution in [0, 0.1) is 5.41 Å². The van der Waals surface area contributed by atoms with Gasteiger partial charge in [-0.25, -0.2) is 0 Å². The van der Waals surface area contributed by atoms with Gasteiger partial charge >= 0.3 is 0 Å². The lowest BCUT2D eigenvalue weighted by molar-refractivity contribution is -0.143. The van der Waals surface area contributed by atoms with E-state index in [1.165, 1.54) is 6.92 Å². The lowest BCUT2D eigenvalue weighted by Crippen LogP contribution is -2.60. The minimum Gasteiger partial charge on any atom is -0.343 e. The number of amides is 2. The molecule has 1 aliphatic rings. The van der Waals surface area contributed by atoms with Crippen LogP contribution in [-0.4, -0.2) is 42.4 Å². The minimum atomic E-state index is -0.705. The van der Waals surface area contributed by atoms with Gasteiger partial charge in [0.2, 0.25) is 11.8 Å². The second-order valence-electron chi connectivity index (χ2n) is 6.85. The summed E-state index contributed by atoms with van der Waals surface area (Å²) in [5.74, 6) is -0.110. The Hall–Kier alpha value is -0.810. The summed E-state index contributed by atoms with van der Waals surface area (Å²) in [6, 6.07) is 0. The van der Waals surface area contributed by atoms with E-state index in [4.69, 9.17) is 5.73 Å². The van der Waals surface area contributed by atoms with Crippen molar-refractivity contribution in [2.45, 2.75) is 58.4 Å². The van der Waals surface area contributed by atoms with Crippen LogP contribution in [0.1, 0.15) is 52.9 Å². The molecule has 0 aliphatic heterocycles. The normalized spacial score (nSPS) is 17.6. The van der Waals surface area contributed by atoms with Crippen LogP contribution in [0.2, 0.25) is 0 Å². The number of hydrogen-bond donors (Lipinski definition) is 2. The molecule has 0 heterocycles. The van der Waals surface area contributed by atoms with Crippen LogP contribution in [0.5, 0.6) is 0 Å². The fraction of sp³-hybridized carbons (Fsp3) is 0.867. The van der Waals surface area contributed by atoms with E-state index in [0.29, 0.717) is 13.1 Å². The van der Waals surface area contributed by atoms with Crippen molar-refractivity contribution < 1.29 is 9.59 Å². The number of carbonyl (C=O) groups excluding carboxylic acids is 2. The Morgan fingerprint density at radius 1 is 1.24 bits per heavy atom. The molecule has 5 nitrogen and oxygen atoms in total. The summed E-state index contributed by atoms with van der Waals surface area (Å²) in [6.45, 7) is 6.69. The Labute approximate surface area is 134 Å². The van der Waals surface area contributed by atoms with Gasteiger partial charge in [-0.05, 0) is 24.8 Å². The van der Waals surface area contributed by atoms with Gasteiger partial charge in [0, 0.05) is 20.5 Å². The van der Waals surface area contributed by atoms with E-state index in [1.54, 1.807) is 11.9 Å². The Morgan fingerprint density at radius 2 is 1.76 bits per heavy atom. The lowest BCUT2D eigenvalue weighted by atomic mass is 9.80. The van der Waals surface area contributed by atoms with E-state index in [0.717, 1.165) is 32.1 Å². The molecular formula is C15H30ClN3O2. The number of carbonyl (C=O) groups is 2. The molecule has 0 spiro atoms. The SMILES string of the molecule is CC(=O)NC1(C(=O)N(C)CC(C)(C)CN)CCCCC1.Cl. The number of hydrogen-bond acceptors (Lipinski definition) is 3. The van der Waals surface area contributed by atoms with Crippen LogP contribution >= 0.6 is 12.4 Å². The zero-order valence-electron chi connectivity index (χ0n) is 13.7. The largest absolute Gasteiger partial charge is 0.343 e. The third-order valence-corrected chi connectivity index (χ3v) is 4.10. The second-order valence-corrected chi connectivity index (χ2v) is 6.85. The maximum atomic E-state index is 12.8. The van der Waals surface area contributed by atoms with Crippen molar-refractivity contribution in [2.24, 2.45) is 11.1 Å². The van der Waals surface area contributed by atoms with Crippen molar-refractivity contribution in [1.29, 1.82) is 0 Å². The standard InChI is InChI=1S/C15H29N3O2.ClH/c1-12(19)17-15(8-6-5-7-9-15)13(20)18(4)11-14(2,3)10-16;/h5-11,16H2,1-4H3,(H,17,19);1H. The van der Waals surface area contributed by atoms with E-state index in [2.05, 4.69) is 5.32 Å². The quantitative estimate of drug-likeness (QED) is 0.809. The average Bonchev–Trinajstić information content (AvgIpc) is 2.37. The molecule has 0 aromatic heterocycles. The molecular weight excluding hydrogens is 290 g/mol. The van der Waals surface area contributed by atoms with Gasteiger partial charge in [-0.2, -0.15) is 0 Å². The van der Waals surface area contributed by atoms with Crippen molar-refractivity contribution in [1.82, 2.24) is 10.2 Å². The summed E-state index contributed by atoms with van der Waals surface area (Å²) in [5, 5.41) is 2.92. The summed E-state index contributed by atoms with van der Waals surface area (Å²) >= 11 is 0. The average molecular weight is 320 g/mol. The smallest absolute Gasteiger partial charge is 0.248 e. The molecule has 6 heteroatoms. The first-order chi connectivity index (χ1) is 9.22. The van der Waals surface area contributed by atoms with Crippen molar-refractivity contribution in [3.63, 3.8) is 0 Å². The van der Waals surface area contributed by atoms with Gasteiger partial charge in [0.25, 0.3) is 0 Å². The van der Waals surface area contributed by atoms with Crippen LogP contribution in [0.15, 0.2) is 0 Å². The van der Waals surface area contributed by atoms with E-state index in [9.17, 15) is 9.59 Å². The summed E-state index contributed by atoms with van der Waals surface area (Å²) in [7, 11) is 1.80. The fourth-order valence-corrected chi connectivity index (χ4v) is 3.03. The van der Waals surface area contributed by atoms with E-state index < -0.39 is 5.54 Å². The zero-order chi connectivity index (χ0) is 15.4. The van der Waals surface area contributed by atoms with Crippen molar-refractivity contribution in [3.8, 4) is 0 Å². The summed E-state index contributed by atoms with van der Waals surface area (Å²) in [6.07, 6.45) is 4.57. The van der Waals surface area contributed by atoms with E-state index in [-0.39, 0.29) is 29.6 Å². The second kappa shape index (κ2) is 7.99. The molecule has 0 radical (unpaired) electrons. The first-order valence-corrected chi connectivity index (χ1v) is 7.47.